The average Bonchev–Trinajstić information content (AvgIpc) is 3.29. The van der Waals surface area contributed by atoms with Crippen molar-refractivity contribution in [2.75, 3.05) is 27.4 Å². The lowest BCUT2D eigenvalue weighted by atomic mass is 9.96. The largest absolute Gasteiger partial charge is 0.495 e. The molecule has 8 heteroatoms. The minimum Gasteiger partial charge on any atom is -0.495 e. The highest BCUT2D eigenvalue weighted by Gasteiger charge is 2.41. The normalized spacial score (nSPS) is 18.0. The number of benzene rings is 1. The highest BCUT2D eigenvalue weighted by Crippen LogP contribution is 2.42. The van der Waals surface area contributed by atoms with E-state index in [1.807, 2.05) is 42.6 Å². The first kappa shape index (κ1) is 23.5. The van der Waals surface area contributed by atoms with E-state index < -0.39 is 0 Å². The van der Waals surface area contributed by atoms with Crippen molar-refractivity contribution in [1.82, 2.24) is 19.8 Å². The van der Waals surface area contributed by atoms with Crippen molar-refractivity contribution in [2.24, 2.45) is 0 Å². The molecule has 1 aromatic carbocycles. The molecule has 0 spiro atoms. The Kier molecular flexibility index (Phi) is 7.22. The zero-order valence-electron chi connectivity index (χ0n) is 19.3. The Morgan fingerprint density at radius 1 is 1.15 bits per heavy atom. The molecule has 4 rings (SSSR count). The fourth-order valence-electron chi connectivity index (χ4n) is 4.66. The highest BCUT2D eigenvalue weighted by atomic mass is 35.5. The number of ether oxygens (including phenoxy) is 2. The van der Waals surface area contributed by atoms with Crippen molar-refractivity contribution in [2.45, 2.75) is 32.4 Å². The third kappa shape index (κ3) is 4.58. The molecule has 1 aliphatic rings. The molecule has 3 aromatic rings. The van der Waals surface area contributed by atoms with Crippen LogP contribution < -0.4 is 10.1 Å². The van der Waals surface area contributed by atoms with Gasteiger partial charge in [0.15, 0.2) is 5.11 Å². The zero-order valence-corrected chi connectivity index (χ0v) is 20.9. The Morgan fingerprint density at radius 2 is 1.97 bits per heavy atom. The van der Waals surface area contributed by atoms with Gasteiger partial charge in [0.1, 0.15) is 5.75 Å². The van der Waals surface area contributed by atoms with Gasteiger partial charge in [0.05, 0.1) is 30.6 Å². The predicted molar refractivity (Wildman–Crippen MR) is 135 cm³/mol. The van der Waals surface area contributed by atoms with Gasteiger partial charge in [-0.15, -0.1) is 0 Å². The summed E-state index contributed by atoms with van der Waals surface area (Å²) in [5.74, 6) is 0.769. The van der Waals surface area contributed by atoms with Crippen LogP contribution in [0.25, 0.3) is 5.69 Å². The molecule has 6 nitrogen and oxygen atoms in total. The molecule has 0 unspecified atom stereocenters. The molecule has 0 aliphatic carbocycles. The maximum absolute atomic E-state index is 6.35. The fraction of sp³-hybridized carbons (Fsp3) is 0.360. The maximum Gasteiger partial charge on any atom is 0.170 e. The number of nitrogens with zero attached hydrogens (tertiary/aromatic N) is 3. The number of methoxy groups -OCH3 is 2. The van der Waals surface area contributed by atoms with Crippen molar-refractivity contribution >= 4 is 28.9 Å². The van der Waals surface area contributed by atoms with Gasteiger partial charge in [0.25, 0.3) is 0 Å². The zero-order chi connectivity index (χ0) is 23.5. The number of aryl methyl sites for hydroxylation is 1. The summed E-state index contributed by atoms with van der Waals surface area (Å²) in [4.78, 5) is 6.90. The van der Waals surface area contributed by atoms with Gasteiger partial charge >= 0.3 is 0 Å². The number of hydrogen-bond donors (Lipinski definition) is 1. The van der Waals surface area contributed by atoms with E-state index in [1.165, 1.54) is 5.56 Å². The highest BCUT2D eigenvalue weighted by molar-refractivity contribution is 7.80. The van der Waals surface area contributed by atoms with Crippen LogP contribution in [0.1, 0.15) is 41.1 Å². The lowest BCUT2D eigenvalue weighted by Gasteiger charge is -2.28. The average molecular weight is 485 g/mol. The summed E-state index contributed by atoms with van der Waals surface area (Å²) in [6.07, 6.45) is 2.70. The Labute approximate surface area is 205 Å². The van der Waals surface area contributed by atoms with Crippen LogP contribution in [0.15, 0.2) is 48.7 Å². The quantitative estimate of drug-likeness (QED) is 0.352. The Morgan fingerprint density at radius 3 is 2.67 bits per heavy atom. The third-order valence-corrected chi connectivity index (χ3v) is 6.70. The molecule has 2 aromatic heterocycles. The van der Waals surface area contributed by atoms with Crippen molar-refractivity contribution in [3.05, 3.63) is 76.3 Å². The smallest absolute Gasteiger partial charge is 0.170 e. The molecule has 0 amide bonds. The Bertz CT molecular complexity index is 1130. The lowest BCUT2D eigenvalue weighted by Crippen LogP contribution is -2.31. The van der Waals surface area contributed by atoms with Crippen molar-refractivity contribution in [3.8, 4) is 11.4 Å². The van der Waals surface area contributed by atoms with E-state index in [4.69, 9.17) is 33.3 Å². The fourth-order valence-corrected chi connectivity index (χ4v) is 5.16. The van der Waals surface area contributed by atoms with Gasteiger partial charge in [0.2, 0.25) is 0 Å². The lowest BCUT2D eigenvalue weighted by molar-refractivity contribution is 0.180. The van der Waals surface area contributed by atoms with Crippen molar-refractivity contribution < 1.29 is 9.47 Å². The topological polar surface area (TPSA) is 51.5 Å². The molecule has 0 bridgehead atoms. The minimum atomic E-state index is -0.0588. The van der Waals surface area contributed by atoms with Crippen molar-refractivity contribution in [3.63, 3.8) is 0 Å². The van der Waals surface area contributed by atoms with Crippen LogP contribution in [0.5, 0.6) is 5.75 Å². The van der Waals surface area contributed by atoms with Gasteiger partial charge in [-0.3, -0.25) is 4.98 Å². The molecule has 1 saturated heterocycles. The van der Waals surface area contributed by atoms with Gasteiger partial charge in [-0.1, -0.05) is 17.7 Å². The van der Waals surface area contributed by atoms with Gasteiger partial charge in [-0.05, 0) is 74.4 Å². The Hall–Kier alpha value is -2.61. The van der Waals surface area contributed by atoms with Crippen LogP contribution in [-0.4, -0.2) is 46.9 Å². The number of pyridine rings is 1. The summed E-state index contributed by atoms with van der Waals surface area (Å²) < 4.78 is 13.1. The molecule has 33 heavy (non-hydrogen) atoms. The van der Waals surface area contributed by atoms with Crippen molar-refractivity contribution in [1.29, 1.82) is 0 Å². The third-order valence-electron chi connectivity index (χ3n) is 6.12. The second-order valence-electron chi connectivity index (χ2n) is 8.14. The first-order valence-corrected chi connectivity index (χ1v) is 11.7. The second kappa shape index (κ2) is 10.1. The molecule has 174 valence electrons. The minimum absolute atomic E-state index is 0.00520. The first-order valence-electron chi connectivity index (χ1n) is 11.0. The van der Waals surface area contributed by atoms with E-state index in [0.29, 0.717) is 11.6 Å². The molecule has 2 atom stereocenters. The van der Waals surface area contributed by atoms with E-state index >= 15 is 0 Å². The number of thiocarbonyl (C=S) groups is 1. The molecule has 1 aliphatic heterocycles. The summed E-state index contributed by atoms with van der Waals surface area (Å²) in [7, 11) is 3.40. The summed E-state index contributed by atoms with van der Waals surface area (Å²) in [6, 6.07) is 13.8. The van der Waals surface area contributed by atoms with Gasteiger partial charge in [-0.2, -0.15) is 0 Å². The van der Waals surface area contributed by atoms with Crippen LogP contribution >= 0.6 is 23.8 Å². The molecular formula is C25H29ClN4O2S. The summed E-state index contributed by atoms with van der Waals surface area (Å²) >= 11 is 12.1. The van der Waals surface area contributed by atoms with Crippen LogP contribution in [0, 0.1) is 13.8 Å². The standard InChI is InChI=1S/C25H29ClN4O2S/c1-16-14-19(17(2)30(16)21-15-18(26)9-10-22(21)32-4)24-23(20-8-5-6-11-27-20)28-25(33)29(24)12-7-13-31-3/h5-6,8-11,14-15,23-24H,7,12-13H2,1-4H3,(H,28,33)/t23-,24+/m1/s1. The molecule has 1 N–H and O–H groups in total. The molecule has 0 radical (unpaired) electrons. The van der Waals surface area contributed by atoms with E-state index in [1.54, 1.807) is 14.2 Å². The maximum atomic E-state index is 6.35. The van der Waals surface area contributed by atoms with E-state index in [-0.39, 0.29) is 12.1 Å². The number of hydrogen-bond acceptors (Lipinski definition) is 4. The van der Waals surface area contributed by atoms with E-state index in [0.717, 1.165) is 46.6 Å². The van der Waals surface area contributed by atoms with Gasteiger partial charge in [0, 0.05) is 42.9 Å². The second-order valence-corrected chi connectivity index (χ2v) is 8.97. The summed E-state index contributed by atoms with van der Waals surface area (Å²) in [5.41, 5.74) is 5.28. The molecular weight excluding hydrogens is 456 g/mol. The van der Waals surface area contributed by atoms with Crippen LogP contribution in [0.4, 0.5) is 0 Å². The van der Waals surface area contributed by atoms with E-state index in [2.05, 4.69) is 39.7 Å². The summed E-state index contributed by atoms with van der Waals surface area (Å²) in [5, 5.41) is 4.92. The van der Waals surface area contributed by atoms with Gasteiger partial charge < -0.3 is 24.3 Å². The number of rotatable bonds is 8. The molecule has 1 fully saturated rings. The van der Waals surface area contributed by atoms with Crippen LogP contribution in [0.3, 0.4) is 0 Å². The Balaban J connectivity index is 1.82. The summed E-state index contributed by atoms with van der Waals surface area (Å²) in [6.45, 7) is 5.70. The number of halogens is 1. The predicted octanol–water partition coefficient (Wildman–Crippen LogP) is 5.16. The van der Waals surface area contributed by atoms with Gasteiger partial charge in [-0.25, -0.2) is 0 Å². The monoisotopic (exact) mass is 484 g/mol. The number of nitrogens with one attached hydrogen (secondary N) is 1. The SMILES string of the molecule is COCCCN1C(=S)N[C@H](c2ccccn2)[C@@H]1c1cc(C)n(-c2cc(Cl)ccc2OC)c1C. The number of aromatic nitrogens is 2. The van der Waals surface area contributed by atoms with E-state index in [9.17, 15) is 0 Å². The molecule has 0 saturated carbocycles. The van der Waals surface area contributed by atoms with Crippen LogP contribution in [0.2, 0.25) is 5.02 Å². The molecule has 3 heterocycles. The van der Waals surface area contributed by atoms with Crippen LogP contribution in [-0.2, 0) is 4.74 Å². The first-order chi connectivity index (χ1) is 16.0.